The molecular weight excluding hydrogens is 254 g/mol. The molecule has 2 saturated heterocycles. The van der Waals surface area contributed by atoms with Crippen molar-refractivity contribution in [1.82, 2.24) is 24.6 Å². The highest BCUT2D eigenvalue weighted by Crippen LogP contribution is 2.26. The number of carbonyl (C=O) groups is 1. The SMILES string of the molecule is O=C(N[C@@H]1C[C@H]2CCN(C2)C1)c1cn2cncc2cn1. The van der Waals surface area contributed by atoms with Crippen molar-refractivity contribution in [3.05, 3.63) is 30.6 Å². The van der Waals surface area contributed by atoms with Gasteiger partial charge in [0.25, 0.3) is 5.91 Å². The lowest BCUT2D eigenvalue weighted by Crippen LogP contribution is -2.47. The fourth-order valence-electron chi connectivity index (χ4n) is 3.36. The monoisotopic (exact) mass is 271 g/mol. The number of rotatable bonds is 2. The van der Waals surface area contributed by atoms with Crippen LogP contribution in [0.3, 0.4) is 0 Å². The zero-order valence-corrected chi connectivity index (χ0v) is 11.2. The third-order valence-corrected chi connectivity index (χ3v) is 4.33. The molecule has 2 aromatic rings. The number of imidazole rings is 1. The smallest absolute Gasteiger partial charge is 0.271 e. The number of nitrogens with zero attached hydrogens (tertiary/aromatic N) is 4. The van der Waals surface area contributed by atoms with Crippen LogP contribution in [0.2, 0.25) is 0 Å². The Labute approximate surface area is 116 Å². The molecule has 0 spiro atoms. The Morgan fingerprint density at radius 3 is 3.20 bits per heavy atom. The molecule has 2 aliphatic rings. The number of hydrogen-bond donors (Lipinski definition) is 1. The predicted molar refractivity (Wildman–Crippen MR) is 73.4 cm³/mol. The fourth-order valence-corrected chi connectivity index (χ4v) is 3.36. The van der Waals surface area contributed by atoms with Gasteiger partial charge in [-0.15, -0.1) is 0 Å². The third kappa shape index (κ3) is 2.06. The highest BCUT2D eigenvalue weighted by atomic mass is 16.2. The van der Waals surface area contributed by atoms with Crippen LogP contribution in [0.5, 0.6) is 0 Å². The Bertz CT molecular complexity index is 640. The van der Waals surface area contributed by atoms with E-state index >= 15 is 0 Å². The molecule has 4 rings (SSSR count). The van der Waals surface area contributed by atoms with E-state index in [1.807, 2.05) is 4.40 Å². The van der Waals surface area contributed by atoms with Gasteiger partial charge in [-0.05, 0) is 25.3 Å². The Balaban J connectivity index is 1.49. The number of fused-ring (bicyclic) bond motifs is 3. The summed E-state index contributed by atoms with van der Waals surface area (Å²) in [6.45, 7) is 3.34. The fraction of sp³-hybridized carbons (Fsp3) is 0.500. The van der Waals surface area contributed by atoms with Crippen LogP contribution < -0.4 is 5.32 Å². The van der Waals surface area contributed by atoms with E-state index in [0.717, 1.165) is 24.4 Å². The molecule has 0 saturated carbocycles. The Morgan fingerprint density at radius 2 is 2.30 bits per heavy atom. The molecule has 2 aromatic heterocycles. The quantitative estimate of drug-likeness (QED) is 0.866. The van der Waals surface area contributed by atoms with Gasteiger partial charge in [-0.3, -0.25) is 4.79 Å². The topological polar surface area (TPSA) is 62.5 Å². The molecule has 0 aromatic carbocycles. The Hall–Kier alpha value is -1.95. The molecule has 2 aliphatic heterocycles. The third-order valence-electron chi connectivity index (χ3n) is 4.33. The van der Waals surface area contributed by atoms with Crippen molar-refractivity contribution in [2.24, 2.45) is 5.92 Å². The summed E-state index contributed by atoms with van der Waals surface area (Å²) in [7, 11) is 0. The van der Waals surface area contributed by atoms with Crippen molar-refractivity contribution < 1.29 is 4.79 Å². The molecule has 2 fully saturated rings. The van der Waals surface area contributed by atoms with Crippen LogP contribution in [0.1, 0.15) is 23.3 Å². The van der Waals surface area contributed by atoms with Crippen LogP contribution in [-0.4, -0.2) is 50.9 Å². The van der Waals surface area contributed by atoms with Gasteiger partial charge in [-0.2, -0.15) is 0 Å². The van der Waals surface area contributed by atoms with Gasteiger partial charge in [-0.1, -0.05) is 0 Å². The van der Waals surface area contributed by atoms with Gasteiger partial charge in [0.15, 0.2) is 0 Å². The Morgan fingerprint density at radius 1 is 1.35 bits per heavy atom. The maximum absolute atomic E-state index is 12.3. The van der Waals surface area contributed by atoms with Crippen LogP contribution in [0.4, 0.5) is 0 Å². The summed E-state index contributed by atoms with van der Waals surface area (Å²) in [6, 6.07) is 0.254. The van der Waals surface area contributed by atoms with E-state index in [9.17, 15) is 4.79 Å². The number of hydrogen-bond acceptors (Lipinski definition) is 4. The van der Waals surface area contributed by atoms with E-state index in [1.165, 1.54) is 19.5 Å². The average Bonchev–Trinajstić information content (AvgIpc) is 3.04. The van der Waals surface area contributed by atoms with E-state index in [4.69, 9.17) is 0 Å². The molecule has 104 valence electrons. The normalized spacial score (nSPS) is 28.7. The molecular formula is C14H17N5O. The molecule has 20 heavy (non-hydrogen) atoms. The first-order chi connectivity index (χ1) is 9.78. The highest BCUT2D eigenvalue weighted by molar-refractivity contribution is 5.92. The van der Waals surface area contributed by atoms with Gasteiger partial charge < -0.3 is 14.6 Å². The lowest BCUT2D eigenvalue weighted by atomic mass is 9.97. The summed E-state index contributed by atoms with van der Waals surface area (Å²) in [6.07, 6.45) is 9.17. The molecule has 6 nitrogen and oxygen atoms in total. The number of aromatic nitrogens is 3. The zero-order valence-electron chi connectivity index (χ0n) is 11.2. The number of nitrogens with one attached hydrogen (secondary N) is 1. The van der Waals surface area contributed by atoms with E-state index in [1.54, 1.807) is 24.9 Å². The number of amides is 1. The number of piperidine rings is 1. The minimum atomic E-state index is -0.0897. The highest BCUT2D eigenvalue weighted by Gasteiger charge is 2.33. The van der Waals surface area contributed by atoms with Crippen LogP contribution in [-0.2, 0) is 0 Å². The number of carbonyl (C=O) groups excluding carboxylic acids is 1. The maximum Gasteiger partial charge on any atom is 0.271 e. The molecule has 1 N–H and O–H groups in total. The molecule has 1 unspecified atom stereocenters. The largest absolute Gasteiger partial charge is 0.347 e. The summed E-state index contributed by atoms with van der Waals surface area (Å²) in [5.74, 6) is 0.659. The van der Waals surface area contributed by atoms with Crippen molar-refractivity contribution in [2.75, 3.05) is 19.6 Å². The van der Waals surface area contributed by atoms with Gasteiger partial charge in [0.2, 0.25) is 0 Å². The minimum absolute atomic E-state index is 0.0897. The second kappa shape index (κ2) is 4.56. The van der Waals surface area contributed by atoms with Crippen LogP contribution in [0.25, 0.3) is 5.52 Å². The second-order valence-corrected chi connectivity index (χ2v) is 5.82. The maximum atomic E-state index is 12.3. The molecule has 3 atom stereocenters. The zero-order chi connectivity index (χ0) is 13.5. The predicted octanol–water partition coefficient (Wildman–Crippen LogP) is 0.553. The summed E-state index contributed by atoms with van der Waals surface area (Å²) in [5.41, 5.74) is 1.34. The molecule has 6 heteroatoms. The average molecular weight is 271 g/mol. The summed E-state index contributed by atoms with van der Waals surface area (Å²) in [5, 5.41) is 3.12. The van der Waals surface area contributed by atoms with E-state index in [-0.39, 0.29) is 11.9 Å². The van der Waals surface area contributed by atoms with Gasteiger partial charge in [-0.25, -0.2) is 9.97 Å². The molecule has 4 heterocycles. The minimum Gasteiger partial charge on any atom is -0.347 e. The van der Waals surface area contributed by atoms with E-state index in [2.05, 4.69) is 20.2 Å². The van der Waals surface area contributed by atoms with Gasteiger partial charge in [0.05, 0.1) is 24.2 Å². The van der Waals surface area contributed by atoms with Crippen molar-refractivity contribution in [2.45, 2.75) is 18.9 Å². The first-order valence-electron chi connectivity index (χ1n) is 7.09. The lowest BCUT2D eigenvalue weighted by molar-refractivity contribution is 0.0904. The summed E-state index contributed by atoms with van der Waals surface area (Å²) >= 11 is 0. The van der Waals surface area contributed by atoms with Crippen molar-refractivity contribution in [3.8, 4) is 0 Å². The first kappa shape index (κ1) is 11.8. The Kier molecular flexibility index (Phi) is 2.70. The van der Waals surface area contributed by atoms with Gasteiger partial charge >= 0.3 is 0 Å². The standard InChI is InChI=1S/C14H17N5O/c20-14(13-8-19-9-15-4-12(19)5-16-13)17-11-3-10-1-2-18(6-10)7-11/h4-5,8-11H,1-3,6-7H2,(H,17,20)/t10-,11-/m1/s1. The van der Waals surface area contributed by atoms with Crippen LogP contribution >= 0.6 is 0 Å². The molecule has 0 aliphatic carbocycles. The summed E-state index contributed by atoms with van der Waals surface area (Å²) < 4.78 is 1.82. The van der Waals surface area contributed by atoms with Gasteiger partial charge in [0.1, 0.15) is 5.69 Å². The lowest BCUT2D eigenvalue weighted by Gasteiger charge is -2.30. The summed E-state index contributed by atoms with van der Waals surface area (Å²) in [4.78, 5) is 23.0. The van der Waals surface area contributed by atoms with E-state index < -0.39 is 0 Å². The van der Waals surface area contributed by atoms with Crippen molar-refractivity contribution >= 4 is 11.4 Å². The molecule has 1 amide bonds. The first-order valence-corrected chi connectivity index (χ1v) is 7.09. The second-order valence-electron chi connectivity index (χ2n) is 5.82. The van der Waals surface area contributed by atoms with Crippen LogP contribution in [0, 0.1) is 5.92 Å². The van der Waals surface area contributed by atoms with Crippen LogP contribution in [0.15, 0.2) is 24.9 Å². The van der Waals surface area contributed by atoms with Crippen molar-refractivity contribution in [1.29, 1.82) is 0 Å². The van der Waals surface area contributed by atoms with Gasteiger partial charge in [0, 0.05) is 25.3 Å². The molecule has 2 bridgehead atoms. The van der Waals surface area contributed by atoms with Crippen molar-refractivity contribution in [3.63, 3.8) is 0 Å². The molecule has 0 radical (unpaired) electrons. The van der Waals surface area contributed by atoms with E-state index in [0.29, 0.717) is 5.69 Å².